The zero-order valence-electron chi connectivity index (χ0n) is 11.3. The lowest BCUT2D eigenvalue weighted by molar-refractivity contribution is -0.115. The van der Waals surface area contributed by atoms with Gasteiger partial charge in [-0.25, -0.2) is 4.98 Å². The van der Waals surface area contributed by atoms with Crippen LogP contribution in [0.5, 0.6) is 0 Å². The number of nitrogens with one attached hydrogen (secondary N) is 2. The maximum absolute atomic E-state index is 11.3. The minimum atomic E-state index is 0.0299. The topological polar surface area (TPSA) is 54.0 Å². The molecule has 1 fully saturated rings. The number of thiazole rings is 1. The van der Waals surface area contributed by atoms with E-state index in [-0.39, 0.29) is 5.91 Å². The molecule has 1 heterocycles. The van der Waals surface area contributed by atoms with Crippen molar-refractivity contribution in [2.45, 2.75) is 32.2 Å². The molecule has 1 aliphatic carbocycles. The Bertz CT molecular complexity index is 602. The second-order valence-corrected chi connectivity index (χ2v) is 5.79. The first-order valence-electron chi connectivity index (χ1n) is 6.87. The van der Waals surface area contributed by atoms with E-state index in [0.717, 1.165) is 22.1 Å². The molecule has 2 N–H and O–H groups in total. The molecule has 104 valence electrons. The summed E-state index contributed by atoms with van der Waals surface area (Å²) < 4.78 is 0. The zero-order valence-corrected chi connectivity index (χ0v) is 12.2. The summed E-state index contributed by atoms with van der Waals surface area (Å²) in [5.41, 5.74) is 2.87. The zero-order chi connectivity index (χ0) is 13.9. The highest BCUT2D eigenvalue weighted by molar-refractivity contribution is 7.14. The molecule has 0 bridgehead atoms. The summed E-state index contributed by atoms with van der Waals surface area (Å²) in [5, 5.41) is 9.29. The molecule has 0 atom stereocenters. The first kappa shape index (κ1) is 13.1. The first-order chi connectivity index (χ1) is 9.74. The van der Waals surface area contributed by atoms with Crippen LogP contribution >= 0.6 is 11.3 Å². The average Bonchev–Trinajstić information content (AvgIpc) is 3.15. The third-order valence-corrected chi connectivity index (χ3v) is 3.97. The van der Waals surface area contributed by atoms with E-state index in [2.05, 4.69) is 21.0 Å². The Kier molecular flexibility index (Phi) is 3.69. The Morgan fingerprint density at radius 3 is 2.75 bits per heavy atom. The van der Waals surface area contributed by atoms with E-state index in [1.54, 1.807) is 11.3 Å². The van der Waals surface area contributed by atoms with E-state index >= 15 is 0 Å². The van der Waals surface area contributed by atoms with E-state index in [1.807, 2.05) is 31.2 Å². The van der Waals surface area contributed by atoms with Gasteiger partial charge >= 0.3 is 0 Å². The summed E-state index contributed by atoms with van der Waals surface area (Å²) in [6, 6.07) is 8.43. The standard InChI is InChI=1S/C15H17N3OS/c1-2-14(19)16-11-5-3-10(4-6-11)13-9-20-15(18-13)17-12-7-8-12/h3-6,9,12H,2,7-8H2,1H3,(H,16,19)(H,17,18). The lowest BCUT2D eigenvalue weighted by Crippen LogP contribution is -2.08. The second kappa shape index (κ2) is 5.63. The van der Waals surface area contributed by atoms with Gasteiger partial charge < -0.3 is 10.6 Å². The summed E-state index contributed by atoms with van der Waals surface area (Å²) in [7, 11) is 0. The van der Waals surface area contributed by atoms with Crippen LogP contribution in [0.2, 0.25) is 0 Å². The van der Waals surface area contributed by atoms with Gasteiger partial charge in [0.2, 0.25) is 5.91 Å². The van der Waals surface area contributed by atoms with Gasteiger partial charge in [-0.1, -0.05) is 19.1 Å². The number of hydrogen-bond acceptors (Lipinski definition) is 4. The number of nitrogens with zero attached hydrogens (tertiary/aromatic N) is 1. The van der Waals surface area contributed by atoms with E-state index in [1.165, 1.54) is 12.8 Å². The van der Waals surface area contributed by atoms with E-state index in [4.69, 9.17) is 0 Å². The minimum Gasteiger partial charge on any atom is -0.359 e. The summed E-state index contributed by atoms with van der Waals surface area (Å²) in [6.07, 6.45) is 2.99. The molecule has 1 aromatic heterocycles. The van der Waals surface area contributed by atoms with Gasteiger partial charge in [-0.15, -0.1) is 11.3 Å². The van der Waals surface area contributed by atoms with Crippen molar-refractivity contribution in [3.63, 3.8) is 0 Å². The number of hydrogen-bond donors (Lipinski definition) is 2. The van der Waals surface area contributed by atoms with Crippen LogP contribution < -0.4 is 10.6 Å². The number of amides is 1. The SMILES string of the molecule is CCC(=O)Nc1ccc(-c2csc(NC3CC3)n2)cc1. The Hall–Kier alpha value is -1.88. The third-order valence-electron chi connectivity index (χ3n) is 3.19. The molecular formula is C15H17N3OS. The predicted molar refractivity (Wildman–Crippen MR) is 83.1 cm³/mol. The highest BCUT2D eigenvalue weighted by Crippen LogP contribution is 2.30. The highest BCUT2D eigenvalue weighted by Gasteiger charge is 2.22. The maximum atomic E-state index is 11.3. The number of anilines is 2. The quantitative estimate of drug-likeness (QED) is 0.881. The number of aromatic nitrogens is 1. The van der Waals surface area contributed by atoms with Crippen LogP contribution in [-0.4, -0.2) is 16.9 Å². The smallest absolute Gasteiger partial charge is 0.224 e. The molecule has 0 spiro atoms. The molecular weight excluding hydrogens is 270 g/mol. The van der Waals surface area contributed by atoms with Crippen LogP contribution in [0, 0.1) is 0 Å². The van der Waals surface area contributed by atoms with E-state index < -0.39 is 0 Å². The highest BCUT2D eigenvalue weighted by atomic mass is 32.1. The van der Waals surface area contributed by atoms with Crippen molar-refractivity contribution in [1.29, 1.82) is 0 Å². The van der Waals surface area contributed by atoms with Gasteiger partial charge in [0.1, 0.15) is 0 Å². The van der Waals surface area contributed by atoms with Gasteiger partial charge in [-0.2, -0.15) is 0 Å². The van der Waals surface area contributed by atoms with Crippen LogP contribution in [0.1, 0.15) is 26.2 Å². The molecule has 4 nitrogen and oxygen atoms in total. The van der Waals surface area contributed by atoms with Crippen LogP contribution in [0.15, 0.2) is 29.6 Å². The lowest BCUT2D eigenvalue weighted by Gasteiger charge is -2.04. The molecule has 1 aromatic carbocycles. The van der Waals surface area contributed by atoms with Crippen molar-refractivity contribution >= 4 is 28.1 Å². The molecule has 2 aromatic rings. The monoisotopic (exact) mass is 287 g/mol. The predicted octanol–water partition coefficient (Wildman–Crippen LogP) is 3.73. The molecule has 0 saturated heterocycles. The average molecular weight is 287 g/mol. The van der Waals surface area contributed by atoms with Crippen molar-refractivity contribution in [1.82, 2.24) is 4.98 Å². The molecule has 1 amide bonds. The van der Waals surface area contributed by atoms with Crippen molar-refractivity contribution < 1.29 is 4.79 Å². The van der Waals surface area contributed by atoms with Crippen LogP contribution in [0.3, 0.4) is 0 Å². The second-order valence-electron chi connectivity index (χ2n) is 4.94. The maximum Gasteiger partial charge on any atom is 0.224 e. The van der Waals surface area contributed by atoms with Crippen molar-refractivity contribution in [2.24, 2.45) is 0 Å². The number of carbonyl (C=O) groups excluding carboxylic acids is 1. The molecule has 3 rings (SSSR count). The molecule has 5 heteroatoms. The van der Waals surface area contributed by atoms with E-state index in [9.17, 15) is 4.79 Å². The fraction of sp³-hybridized carbons (Fsp3) is 0.333. The summed E-state index contributed by atoms with van der Waals surface area (Å²) in [5.74, 6) is 0.0299. The van der Waals surface area contributed by atoms with Gasteiger partial charge in [0.15, 0.2) is 5.13 Å². The third kappa shape index (κ3) is 3.17. The molecule has 0 radical (unpaired) electrons. The van der Waals surface area contributed by atoms with Crippen LogP contribution in [-0.2, 0) is 4.79 Å². The van der Waals surface area contributed by atoms with Crippen molar-refractivity contribution in [3.05, 3.63) is 29.6 Å². The summed E-state index contributed by atoms with van der Waals surface area (Å²) >= 11 is 1.64. The Labute approximate surface area is 122 Å². The van der Waals surface area contributed by atoms with Crippen molar-refractivity contribution in [2.75, 3.05) is 10.6 Å². The lowest BCUT2D eigenvalue weighted by atomic mass is 10.1. The van der Waals surface area contributed by atoms with Crippen LogP contribution in [0.4, 0.5) is 10.8 Å². The number of rotatable bonds is 5. The van der Waals surface area contributed by atoms with E-state index in [0.29, 0.717) is 12.5 Å². The van der Waals surface area contributed by atoms with Gasteiger partial charge in [0.25, 0.3) is 0 Å². The molecule has 1 saturated carbocycles. The first-order valence-corrected chi connectivity index (χ1v) is 7.75. The summed E-state index contributed by atoms with van der Waals surface area (Å²) in [6.45, 7) is 1.84. The van der Waals surface area contributed by atoms with Gasteiger partial charge in [-0.05, 0) is 25.0 Å². The Morgan fingerprint density at radius 2 is 2.10 bits per heavy atom. The van der Waals surface area contributed by atoms with Gasteiger partial charge in [-0.3, -0.25) is 4.79 Å². The summed E-state index contributed by atoms with van der Waals surface area (Å²) in [4.78, 5) is 15.9. The number of carbonyl (C=O) groups is 1. The van der Waals surface area contributed by atoms with Crippen LogP contribution in [0.25, 0.3) is 11.3 Å². The molecule has 0 unspecified atom stereocenters. The Morgan fingerprint density at radius 1 is 1.35 bits per heavy atom. The minimum absolute atomic E-state index is 0.0299. The Balaban J connectivity index is 1.69. The molecule has 0 aliphatic heterocycles. The largest absolute Gasteiger partial charge is 0.359 e. The van der Waals surface area contributed by atoms with Gasteiger partial charge in [0.05, 0.1) is 5.69 Å². The van der Waals surface area contributed by atoms with Gasteiger partial charge in [0, 0.05) is 29.1 Å². The fourth-order valence-electron chi connectivity index (χ4n) is 1.85. The molecule has 20 heavy (non-hydrogen) atoms. The number of benzene rings is 1. The molecule has 1 aliphatic rings. The van der Waals surface area contributed by atoms with Crippen molar-refractivity contribution in [3.8, 4) is 11.3 Å². The normalized spacial score (nSPS) is 14.1. The fourth-order valence-corrected chi connectivity index (χ4v) is 2.65.